The summed E-state index contributed by atoms with van der Waals surface area (Å²) in [5.74, 6) is -3.36. The number of alkyl halides is 4. The van der Waals surface area contributed by atoms with Gasteiger partial charge in [0.15, 0.2) is 5.82 Å². The highest BCUT2D eigenvalue weighted by atomic mass is 19.3. The highest BCUT2D eigenvalue weighted by Crippen LogP contribution is 2.23. The minimum Gasteiger partial charge on any atom is -0.373 e. The van der Waals surface area contributed by atoms with Gasteiger partial charge >= 0.3 is 12.3 Å². The summed E-state index contributed by atoms with van der Waals surface area (Å²) in [5.41, 5.74) is 0.712. The number of halogens is 4. The van der Waals surface area contributed by atoms with E-state index in [0.717, 1.165) is 0 Å². The van der Waals surface area contributed by atoms with Crippen LogP contribution in [0.1, 0.15) is 31.3 Å². The topological polar surface area (TPSA) is 47.0 Å². The number of ether oxygens (including phenoxy) is 1. The van der Waals surface area contributed by atoms with Gasteiger partial charge in [-0.15, -0.1) is 0 Å². The summed E-state index contributed by atoms with van der Waals surface area (Å²) in [6.45, 7) is 2.11. The molecule has 0 radical (unpaired) electrons. The molecule has 0 unspecified atom stereocenters. The SMILES string of the molecule is CNc1cc(C(C)C)nc(COCC(F)(F)C(F)F)n1. The molecule has 1 rings (SSSR count). The van der Waals surface area contributed by atoms with Crippen molar-refractivity contribution in [3.8, 4) is 0 Å². The predicted octanol–water partition coefficient (Wildman–Crippen LogP) is 3.06. The maximum Gasteiger partial charge on any atom is 0.330 e. The molecule has 114 valence electrons. The minimum atomic E-state index is -4.17. The standard InChI is InChI=1S/C12H17F4N3O/c1-7(2)8-4-9(17-3)19-10(18-8)5-20-6-12(15,16)11(13)14/h4,7,11H,5-6H2,1-3H3,(H,17,18,19). The molecule has 0 atom stereocenters. The van der Waals surface area contributed by atoms with Crippen LogP contribution in [0.3, 0.4) is 0 Å². The fourth-order valence-electron chi connectivity index (χ4n) is 1.35. The Balaban J connectivity index is 2.70. The fourth-order valence-corrected chi connectivity index (χ4v) is 1.35. The molecule has 1 aromatic rings. The smallest absolute Gasteiger partial charge is 0.330 e. The van der Waals surface area contributed by atoms with Gasteiger partial charge in [-0.1, -0.05) is 13.8 Å². The Hall–Kier alpha value is -1.44. The van der Waals surface area contributed by atoms with Gasteiger partial charge in [0.2, 0.25) is 0 Å². The van der Waals surface area contributed by atoms with Crippen molar-refractivity contribution in [3.05, 3.63) is 17.6 Å². The van der Waals surface area contributed by atoms with Crippen molar-refractivity contribution in [2.75, 3.05) is 19.0 Å². The number of anilines is 1. The van der Waals surface area contributed by atoms with Crippen LogP contribution in [0.4, 0.5) is 23.4 Å². The molecule has 0 saturated heterocycles. The van der Waals surface area contributed by atoms with Crippen LogP contribution >= 0.6 is 0 Å². The van der Waals surface area contributed by atoms with Gasteiger partial charge in [-0.3, -0.25) is 0 Å². The highest BCUT2D eigenvalue weighted by molar-refractivity contribution is 5.35. The Morgan fingerprint density at radius 3 is 2.45 bits per heavy atom. The summed E-state index contributed by atoms with van der Waals surface area (Å²) < 4.78 is 53.9. The monoisotopic (exact) mass is 295 g/mol. The van der Waals surface area contributed by atoms with E-state index >= 15 is 0 Å². The summed E-state index contributed by atoms with van der Waals surface area (Å²) in [5, 5.41) is 2.81. The average Bonchev–Trinajstić information content (AvgIpc) is 2.37. The van der Waals surface area contributed by atoms with Crippen LogP contribution in [0.15, 0.2) is 6.07 Å². The van der Waals surface area contributed by atoms with Gasteiger partial charge in [-0.2, -0.15) is 8.78 Å². The molecule has 0 aliphatic rings. The highest BCUT2D eigenvalue weighted by Gasteiger charge is 2.41. The lowest BCUT2D eigenvalue weighted by atomic mass is 10.1. The van der Waals surface area contributed by atoms with Gasteiger partial charge in [-0.05, 0) is 5.92 Å². The average molecular weight is 295 g/mol. The Kier molecular flexibility index (Phi) is 5.67. The summed E-state index contributed by atoms with van der Waals surface area (Å²) in [6.07, 6.45) is -3.75. The van der Waals surface area contributed by atoms with Crippen molar-refractivity contribution >= 4 is 5.82 Å². The lowest BCUT2D eigenvalue weighted by molar-refractivity contribution is -0.168. The Morgan fingerprint density at radius 1 is 1.30 bits per heavy atom. The molecular weight excluding hydrogens is 278 g/mol. The molecule has 0 saturated carbocycles. The molecule has 0 aliphatic carbocycles. The second kappa shape index (κ2) is 6.83. The van der Waals surface area contributed by atoms with E-state index in [1.165, 1.54) is 0 Å². The zero-order valence-electron chi connectivity index (χ0n) is 11.5. The molecule has 0 aliphatic heterocycles. The van der Waals surface area contributed by atoms with E-state index < -0.39 is 19.0 Å². The zero-order valence-corrected chi connectivity index (χ0v) is 11.5. The van der Waals surface area contributed by atoms with Crippen molar-refractivity contribution in [3.63, 3.8) is 0 Å². The Bertz CT molecular complexity index is 441. The van der Waals surface area contributed by atoms with Gasteiger partial charge in [0.25, 0.3) is 0 Å². The first-order valence-electron chi connectivity index (χ1n) is 6.05. The first-order chi connectivity index (χ1) is 9.26. The number of hydrogen-bond acceptors (Lipinski definition) is 4. The van der Waals surface area contributed by atoms with Crippen LogP contribution in [0.5, 0.6) is 0 Å². The van der Waals surface area contributed by atoms with E-state index in [1.807, 2.05) is 13.8 Å². The first-order valence-corrected chi connectivity index (χ1v) is 6.05. The Labute approximate surface area is 114 Å². The molecule has 0 fully saturated rings. The van der Waals surface area contributed by atoms with Gasteiger partial charge in [-0.25, -0.2) is 18.7 Å². The second-order valence-corrected chi connectivity index (χ2v) is 4.55. The first kappa shape index (κ1) is 16.6. The number of aromatic nitrogens is 2. The molecule has 8 heteroatoms. The van der Waals surface area contributed by atoms with Crippen LogP contribution in [0, 0.1) is 0 Å². The number of rotatable bonds is 7. The van der Waals surface area contributed by atoms with Crippen LogP contribution in [0.2, 0.25) is 0 Å². The third kappa shape index (κ3) is 4.59. The molecule has 0 aromatic carbocycles. The molecule has 1 aromatic heterocycles. The zero-order chi connectivity index (χ0) is 15.3. The van der Waals surface area contributed by atoms with E-state index in [9.17, 15) is 17.6 Å². The van der Waals surface area contributed by atoms with Gasteiger partial charge < -0.3 is 10.1 Å². The third-order valence-electron chi connectivity index (χ3n) is 2.48. The number of hydrogen-bond donors (Lipinski definition) is 1. The van der Waals surface area contributed by atoms with E-state index in [0.29, 0.717) is 11.5 Å². The third-order valence-corrected chi connectivity index (χ3v) is 2.48. The maximum absolute atomic E-state index is 12.7. The lowest BCUT2D eigenvalue weighted by Crippen LogP contribution is -2.32. The molecule has 0 amide bonds. The predicted molar refractivity (Wildman–Crippen MR) is 66.3 cm³/mol. The molecule has 20 heavy (non-hydrogen) atoms. The summed E-state index contributed by atoms with van der Waals surface area (Å²) in [6, 6.07) is 1.72. The molecular formula is C12H17F4N3O. The number of nitrogens with zero attached hydrogens (tertiary/aromatic N) is 2. The van der Waals surface area contributed by atoms with Crippen LogP contribution in [-0.4, -0.2) is 36.0 Å². The van der Waals surface area contributed by atoms with Crippen LogP contribution < -0.4 is 5.32 Å². The van der Waals surface area contributed by atoms with Crippen molar-refractivity contribution in [2.45, 2.75) is 38.7 Å². The normalized spacial score (nSPS) is 12.2. The summed E-state index contributed by atoms with van der Waals surface area (Å²) in [7, 11) is 1.65. The number of nitrogens with one attached hydrogen (secondary N) is 1. The summed E-state index contributed by atoms with van der Waals surface area (Å²) in [4.78, 5) is 8.16. The van der Waals surface area contributed by atoms with Crippen molar-refractivity contribution in [2.24, 2.45) is 0 Å². The molecule has 0 bridgehead atoms. The van der Waals surface area contributed by atoms with E-state index in [-0.39, 0.29) is 18.3 Å². The van der Waals surface area contributed by atoms with Crippen molar-refractivity contribution < 1.29 is 22.3 Å². The molecule has 1 N–H and O–H groups in total. The van der Waals surface area contributed by atoms with Crippen LogP contribution in [-0.2, 0) is 11.3 Å². The minimum absolute atomic E-state index is 0.117. The quantitative estimate of drug-likeness (QED) is 0.785. The van der Waals surface area contributed by atoms with Gasteiger partial charge in [0.1, 0.15) is 19.0 Å². The van der Waals surface area contributed by atoms with Crippen LogP contribution in [0.25, 0.3) is 0 Å². The van der Waals surface area contributed by atoms with E-state index in [2.05, 4.69) is 20.0 Å². The van der Waals surface area contributed by atoms with Gasteiger partial charge in [0, 0.05) is 18.8 Å². The van der Waals surface area contributed by atoms with Crippen molar-refractivity contribution in [1.29, 1.82) is 0 Å². The second-order valence-electron chi connectivity index (χ2n) is 4.55. The van der Waals surface area contributed by atoms with Gasteiger partial charge in [0.05, 0.1) is 0 Å². The van der Waals surface area contributed by atoms with E-state index in [4.69, 9.17) is 0 Å². The molecule has 4 nitrogen and oxygen atoms in total. The lowest BCUT2D eigenvalue weighted by Gasteiger charge is -2.15. The largest absolute Gasteiger partial charge is 0.373 e. The maximum atomic E-state index is 12.7. The fraction of sp³-hybridized carbons (Fsp3) is 0.667. The molecule has 0 spiro atoms. The summed E-state index contributed by atoms with van der Waals surface area (Å²) >= 11 is 0. The van der Waals surface area contributed by atoms with Crippen molar-refractivity contribution in [1.82, 2.24) is 9.97 Å². The van der Waals surface area contributed by atoms with E-state index in [1.54, 1.807) is 13.1 Å². The Morgan fingerprint density at radius 2 is 1.95 bits per heavy atom. The molecule has 1 heterocycles.